The highest BCUT2D eigenvalue weighted by Crippen LogP contribution is 2.14. The van der Waals surface area contributed by atoms with Gasteiger partial charge in [-0.3, -0.25) is 14.9 Å². The molecule has 0 radical (unpaired) electrons. The molecule has 0 bridgehead atoms. The molecule has 21 heavy (non-hydrogen) atoms. The van der Waals surface area contributed by atoms with E-state index in [1.165, 1.54) is 0 Å². The molecule has 114 valence electrons. The van der Waals surface area contributed by atoms with Crippen LogP contribution in [0.4, 0.5) is 9.18 Å². The summed E-state index contributed by atoms with van der Waals surface area (Å²) in [6.07, 6.45) is -0.604. The average Bonchev–Trinajstić information content (AvgIpc) is 2.40. The number of hydrogen-bond acceptors (Lipinski definition) is 3. The maximum atomic E-state index is 13.4. The lowest BCUT2D eigenvalue weighted by atomic mass is 10.1. The number of halogens is 1. The summed E-state index contributed by atoms with van der Waals surface area (Å²) in [5.74, 6) is -2.06. The Morgan fingerprint density at radius 1 is 1.14 bits per heavy atom. The average molecular weight is 296 g/mol. The van der Waals surface area contributed by atoms with E-state index >= 15 is 0 Å². The number of carbonyl (C=O) groups excluding carboxylic acids is 2. The van der Waals surface area contributed by atoms with E-state index in [9.17, 15) is 18.8 Å². The first kappa shape index (κ1) is 16.6. The van der Waals surface area contributed by atoms with Crippen LogP contribution in [0.25, 0.3) is 0 Å². The van der Waals surface area contributed by atoms with Crippen molar-refractivity contribution in [1.29, 1.82) is 0 Å². The second-order valence-electron chi connectivity index (χ2n) is 4.67. The first-order valence-corrected chi connectivity index (χ1v) is 6.34. The number of carbonyl (C=O) groups is 3. The van der Waals surface area contributed by atoms with Gasteiger partial charge in [-0.15, -0.1) is 0 Å². The Kier molecular flexibility index (Phi) is 5.83. The van der Waals surface area contributed by atoms with E-state index in [0.717, 1.165) is 0 Å². The summed E-state index contributed by atoms with van der Waals surface area (Å²) >= 11 is 0. The summed E-state index contributed by atoms with van der Waals surface area (Å²) in [7, 11) is 0. The fourth-order valence-electron chi connectivity index (χ4n) is 1.77. The highest BCUT2D eigenvalue weighted by atomic mass is 19.1. The van der Waals surface area contributed by atoms with Crippen molar-refractivity contribution in [3.63, 3.8) is 0 Å². The zero-order valence-electron chi connectivity index (χ0n) is 11.8. The van der Waals surface area contributed by atoms with Gasteiger partial charge in [0.2, 0.25) is 5.91 Å². The van der Waals surface area contributed by atoms with Crippen LogP contribution < -0.4 is 10.6 Å². The van der Waals surface area contributed by atoms with Crippen LogP contribution in [-0.4, -0.2) is 23.0 Å². The van der Waals surface area contributed by atoms with Gasteiger partial charge >= 0.3 is 12.0 Å². The molecule has 1 aromatic carbocycles. The van der Waals surface area contributed by atoms with Gasteiger partial charge in [0.05, 0.1) is 6.42 Å². The number of amides is 3. The SMILES string of the molecule is Cc1cc(CNC(=O)NC(=O)CCC(=O)O)cc(C)c1F. The molecule has 0 fully saturated rings. The number of benzene rings is 1. The summed E-state index contributed by atoms with van der Waals surface area (Å²) in [5, 5.41) is 12.9. The van der Waals surface area contributed by atoms with E-state index in [-0.39, 0.29) is 25.2 Å². The van der Waals surface area contributed by atoms with Crippen molar-refractivity contribution in [3.05, 3.63) is 34.6 Å². The monoisotopic (exact) mass is 296 g/mol. The molecule has 3 N–H and O–H groups in total. The van der Waals surface area contributed by atoms with E-state index in [4.69, 9.17) is 5.11 Å². The molecule has 6 nitrogen and oxygen atoms in total. The first-order valence-electron chi connectivity index (χ1n) is 6.34. The summed E-state index contributed by atoms with van der Waals surface area (Å²) in [5.41, 5.74) is 1.66. The molecule has 0 aliphatic carbocycles. The smallest absolute Gasteiger partial charge is 0.321 e. The van der Waals surface area contributed by atoms with E-state index in [1.54, 1.807) is 26.0 Å². The Balaban J connectivity index is 2.46. The number of hydrogen-bond donors (Lipinski definition) is 3. The number of imide groups is 1. The van der Waals surface area contributed by atoms with Crippen molar-refractivity contribution in [2.75, 3.05) is 0 Å². The molecule has 0 heterocycles. The zero-order valence-corrected chi connectivity index (χ0v) is 11.8. The van der Waals surface area contributed by atoms with Crippen molar-refractivity contribution < 1.29 is 23.9 Å². The molecule has 1 rings (SSSR count). The van der Waals surface area contributed by atoms with E-state index < -0.39 is 17.9 Å². The van der Waals surface area contributed by atoms with Gasteiger partial charge in [0, 0.05) is 13.0 Å². The van der Waals surface area contributed by atoms with Gasteiger partial charge in [-0.25, -0.2) is 9.18 Å². The van der Waals surface area contributed by atoms with E-state index in [0.29, 0.717) is 16.7 Å². The second-order valence-corrected chi connectivity index (χ2v) is 4.67. The summed E-state index contributed by atoms with van der Waals surface area (Å²) < 4.78 is 13.4. The Labute approximate surface area is 121 Å². The zero-order chi connectivity index (χ0) is 16.0. The fraction of sp³-hybridized carbons (Fsp3) is 0.357. The van der Waals surface area contributed by atoms with Crippen LogP contribution in [0, 0.1) is 19.7 Å². The van der Waals surface area contributed by atoms with Crippen LogP contribution in [0.5, 0.6) is 0 Å². The minimum atomic E-state index is -1.11. The molecule has 1 aromatic rings. The Morgan fingerprint density at radius 2 is 1.71 bits per heavy atom. The van der Waals surface area contributed by atoms with Gasteiger partial charge in [0.15, 0.2) is 0 Å². The molecule has 0 spiro atoms. The van der Waals surface area contributed by atoms with Crippen LogP contribution in [0.3, 0.4) is 0 Å². The quantitative estimate of drug-likeness (QED) is 0.769. The number of urea groups is 1. The number of carboxylic acid groups (broad SMARTS) is 1. The molecule has 3 amide bonds. The van der Waals surface area contributed by atoms with E-state index in [1.807, 2.05) is 5.32 Å². The van der Waals surface area contributed by atoms with Crippen LogP contribution >= 0.6 is 0 Å². The minimum Gasteiger partial charge on any atom is -0.481 e. The van der Waals surface area contributed by atoms with Gasteiger partial charge in [-0.05, 0) is 30.5 Å². The van der Waals surface area contributed by atoms with Crippen LogP contribution in [0.2, 0.25) is 0 Å². The lowest BCUT2D eigenvalue weighted by Crippen LogP contribution is -2.39. The van der Waals surface area contributed by atoms with Crippen LogP contribution in [0.1, 0.15) is 29.5 Å². The molecule has 0 aromatic heterocycles. The van der Waals surface area contributed by atoms with Crippen molar-refractivity contribution in [1.82, 2.24) is 10.6 Å². The third-order valence-electron chi connectivity index (χ3n) is 2.77. The van der Waals surface area contributed by atoms with Crippen LogP contribution in [-0.2, 0) is 16.1 Å². The molecular weight excluding hydrogens is 279 g/mol. The molecule has 0 saturated carbocycles. The molecule has 0 atom stereocenters. The van der Waals surface area contributed by atoms with Gasteiger partial charge < -0.3 is 10.4 Å². The highest BCUT2D eigenvalue weighted by molar-refractivity contribution is 5.95. The maximum Gasteiger partial charge on any atom is 0.321 e. The maximum absolute atomic E-state index is 13.4. The Hall–Kier alpha value is -2.44. The number of rotatable bonds is 5. The normalized spacial score (nSPS) is 10.0. The minimum absolute atomic E-state index is 0.139. The number of aliphatic carboxylic acids is 1. The predicted molar refractivity (Wildman–Crippen MR) is 73.1 cm³/mol. The van der Waals surface area contributed by atoms with Gasteiger partial charge in [-0.1, -0.05) is 12.1 Å². The first-order chi connectivity index (χ1) is 9.79. The van der Waals surface area contributed by atoms with Crippen molar-refractivity contribution in [2.45, 2.75) is 33.2 Å². The third kappa shape index (κ3) is 5.60. The third-order valence-corrected chi connectivity index (χ3v) is 2.77. The molecule has 0 aliphatic heterocycles. The van der Waals surface area contributed by atoms with Crippen molar-refractivity contribution in [2.24, 2.45) is 0 Å². The standard InChI is InChI=1S/C14H17FN2O4/c1-8-5-10(6-9(2)13(8)15)7-16-14(21)17-11(18)3-4-12(19)20/h5-6H,3-4,7H2,1-2H3,(H,19,20)(H2,16,17,18,21). The summed E-state index contributed by atoms with van der Waals surface area (Å²) in [6.45, 7) is 3.39. The fourth-order valence-corrected chi connectivity index (χ4v) is 1.77. The summed E-state index contributed by atoms with van der Waals surface area (Å²) in [6, 6.07) is 2.49. The Bertz CT molecular complexity index is 549. The van der Waals surface area contributed by atoms with E-state index in [2.05, 4.69) is 5.32 Å². The molecular formula is C14H17FN2O4. The lowest BCUT2D eigenvalue weighted by Gasteiger charge is -2.09. The lowest BCUT2D eigenvalue weighted by molar-refractivity contribution is -0.138. The topological polar surface area (TPSA) is 95.5 Å². The molecule has 0 unspecified atom stereocenters. The predicted octanol–water partition coefficient (Wildman–Crippen LogP) is 1.63. The molecule has 7 heteroatoms. The second kappa shape index (κ2) is 7.37. The number of carboxylic acids is 1. The highest BCUT2D eigenvalue weighted by Gasteiger charge is 2.10. The number of aryl methyl sites for hydroxylation is 2. The molecule has 0 aliphatic rings. The molecule has 0 saturated heterocycles. The van der Waals surface area contributed by atoms with Gasteiger partial charge in [-0.2, -0.15) is 0 Å². The summed E-state index contributed by atoms with van der Waals surface area (Å²) in [4.78, 5) is 33.0. The van der Waals surface area contributed by atoms with Gasteiger partial charge in [0.1, 0.15) is 5.82 Å². The van der Waals surface area contributed by atoms with Crippen molar-refractivity contribution >= 4 is 17.9 Å². The van der Waals surface area contributed by atoms with Crippen molar-refractivity contribution in [3.8, 4) is 0 Å². The Morgan fingerprint density at radius 3 is 2.24 bits per heavy atom. The largest absolute Gasteiger partial charge is 0.481 e. The van der Waals surface area contributed by atoms with Crippen LogP contribution in [0.15, 0.2) is 12.1 Å². The number of nitrogens with one attached hydrogen (secondary N) is 2. The van der Waals surface area contributed by atoms with Gasteiger partial charge in [0.25, 0.3) is 0 Å².